The van der Waals surface area contributed by atoms with Gasteiger partial charge in [0.2, 0.25) is 0 Å². The van der Waals surface area contributed by atoms with Gasteiger partial charge >= 0.3 is 5.97 Å². The van der Waals surface area contributed by atoms with Gasteiger partial charge in [-0.05, 0) is 25.1 Å². The van der Waals surface area contributed by atoms with Crippen LogP contribution in [0, 0.1) is 0 Å². The number of nitrogen functional groups attached to an aromatic ring is 1. The number of halogens is 1. The average Bonchev–Trinajstić information content (AvgIpc) is 2.37. The summed E-state index contributed by atoms with van der Waals surface area (Å²) in [7, 11) is 1.53. The van der Waals surface area contributed by atoms with E-state index in [1.807, 2.05) is 0 Å². The van der Waals surface area contributed by atoms with Crippen LogP contribution in [0.5, 0.6) is 0 Å². The number of hydrogen-bond donors (Lipinski definition) is 2. The van der Waals surface area contributed by atoms with Gasteiger partial charge in [-0.2, -0.15) is 0 Å². The Bertz CT molecular complexity index is 473. The quantitative estimate of drug-likeness (QED) is 0.461. The van der Waals surface area contributed by atoms with Crippen LogP contribution in [-0.2, 0) is 14.3 Å². The molecule has 1 aromatic rings. The second-order valence-electron chi connectivity index (χ2n) is 4.10. The highest BCUT2D eigenvalue weighted by Gasteiger charge is 2.18. The van der Waals surface area contributed by atoms with Crippen LogP contribution in [0.25, 0.3) is 0 Å². The summed E-state index contributed by atoms with van der Waals surface area (Å²) in [6.07, 6.45) is -0.889. The molecule has 0 aliphatic carbocycles. The van der Waals surface area contributed by atoms with Gasteiger partial charge in [-0.3, -0.25) is 4.79 Å². The number of nitrogens with one attached hydrogen (secondary N) is 1. The highest BCUT2D eigenvalue weighted by Crippen LogP contribution is 2.18. The van der Waals surface area contributed by atoms with Crippen molar-refractivity contribution in [3.8, 4) is 0 Å². The average molecular weight is 345 g/mol. The molecule has 6 nitrogen and oxygen atoms in total. The molecule has 0 heterocycles. The van der Waals surface area contributed by atoms with Crippen molar-refractivity contribution in [1.29, 1.82) is 0 Å². The highest BCUT2D eigenvalue weighted by molar-refractivity contribution is 9.10. The SMILES string of the molecule is COCCNC(=O)C(C)OC(=O)c1cc(N)cc(Br)c1. The number of anilines is 1. The molecule has 20 heavy (non-hydrogen) atoms. The van der Waals surface area contributed by atoms with Gasteiger partial charge in [0.1, 0.15) is 0 Å². The minimum Gasteiger partial charge on any atom is -0.449 e. The van der Waals surface area contributed by atoms with Crippen LogP contribution >= 0.6 is 15.9 Å². The zero-order valence-corrected chi connectivity index (χ0v) is 12.9. The van der Waals surface area contributed by atoms with E-state index in [0.29, 0.717) is 23.3 Å². The summed E-state index contributed by atoms with van der Waals surface area (Å²) in [6, 6.07) is 4.73. The second-order valence-corrected chi connectivity index (χ2v) is 5.02. The van der Waals surface area contributed by atoms with Crippen molar-refractivity contribution in [2.45, 2.75) is 13.0 Å². The third kappa shape index (κ3) is 5.18. The Hall–Kier alpha value is -1.60. The Morgan fingerprint density at radius 3 is 2.70 bits per heavy atom. The van der Waals surface area contributed by atoms with Gasteiger partial charge in [-0.1, -0.05) is 15.9 Å². The van der Waals surface area contributed by atoms with E-state index in [-0.39, 0.29) is 11.5 Å². The summed E-state index contributed by atoms with van der Waals surface area (Å²) in [6.45, 7) is 2.26. The molecular weight excluding hydrogens is 328 g/mol. The van der Waals surface area contributed by atoms with Gasteiger partial charge in [0.05, 0.1) is 12.2 Å². The van der Waals surface area contributed by atoms with Gasteiger partial charge in [0.15, 0.2) is 6.10 Å². The molecule has 1 rings (SSSR count). The fourth-order valence-corrected chi connectivity index (χ4v) is 1.94. The van der Waals surface area contributed by atoms with E-state index < -0.39 is 12.1 Å². The molecule has 1 unspecified atom stereocenters. The Morgan fingerprint density at radius 2 is 2.10 bits per heavy atom. The second kappa shape index (κ2) is 7.86. The summed E-state index contributed by atoms with van der Waals surface area (Å²) in [5.41, 5.74) is 6.36. The Morgan fingerprint density at radius 1 is 1.40 bits per heavy atom. The lowest BCUT2D eigenvalue weighted by Crippen LogP contribution is -2.37. The summed E-state index contributed by atoms with van der Waals surface area (Å²) in [4.78, 5) is 23.5. The van der Waals surface area contributed by atoms with E-state index in [1.54, 1.807) is 12.1 Å². The Labute approximate surface area is 125 Å². The number of carbonyl (C=O) groups is 2. The van der Waals surface area contributed by atoms with Gasteiger partial charge < -0.3 is 20.5 Å². The van der Waals surface area contributed by atoms with E-state index >= 15 is 0 Å². The van der Waals surface area contributed by atoms with Gasteiger partial charge in [-0.25, -0.2) is 4.79 Å². The standard InChI is InChI=1S/C13H17BrN2O4/c1-8(12(17)16-3-4-19-2)20-13(18)9-5-10(14)7-11(15)6-9/h5-8H,3-4,15H2,1-2H3,(H,16,17). The molecule has 0 radical (unpaired) electrons. The van der Waals surface area contributed by atoms with E-state index in [0.717, 1.165) is 0 Å². The smallest absolute Gasteiger partial charge is 0.339 e. The maximum absolute atomic E-state index is 11.9. The number of methoxy groups -OCH3 is 1. The molecule has 3 N–H and O–H groups in total. The molecule has 0 aliphatic rings. The monoisotopic (exact) mass is 344 g/mol. The van der Waals surface area contributed by atoms with Crippen molar-refractivity contribution in [1.82, 2.24) is 5.32 Å². The highest BCUT2D eigenvalue weighted by atomic mass is 79.9. The Kier molecular flexibility index (Phi) is 6.47. The summed E-state index contributed by atoms with van der Waals surface area (Å²) in [5, 5.41) is 2.59. The number of esters is 1. The number of benzene rings is 1. The van der Waals surface area contributed by atoms with E-state index in [4.69, 9.17) is 15.2 Å². The lowest BCUT2D eigenvalue weighted by Gasteiger charge is -2.13. The molecular formula is C13H17BrN2O4. The van der Waals surface area contributed by atoms with Crippen LogP contribution in [0.15, 0.2) is 22.7 Å². The Balaban J connectivity index is 2.58. The maximum atomic E-state index is 11.9. The van der Waals surface area contributed by atoms with E-state index in [2.05, 4.69) is 21.2 Å². The minimum atomic E-state index is -0.889. The molecule has 1 atom stereocenters. The third-order valence-corrected chi connectivity index (χ3v) is 2.87. The largest absolute Gasteiger partial charge is 0.449 e. The molecule has 0 saturated heterocycles. The summed E-state index contributed by atoms with van der Waals surface area (Å²) in [5.74, 6) is -0.981. The molecule has 0 saturated carbocycles. The third-order valence-electron chi connectivity index (χ3n) is 2.41. The van der Waals surface area contributed by atoms with Crippen LogP contribution in [-0.4, -0.2) is 38.2 Å². The maximum Gasteiger partial charge on any atom is 0.339 e. The van der Waals surface area contributed by atoms with E-state index in [1.165, 1.54) is 20.1 Å². The molecule has 1 amide bonds. The first-order chi connectivity index (χ1) is 9.43. The normalized spacial score (nSPS) is 11.8. The van der Waals surface area contributed by atoms with Crippen LogP contribution in [0.3, 0.4) is 0 Å². The van der Waals surface area contributed by atoms with Gasteiger partial charge in [0.25, 0.3) is 5.91 Å². The fourth-order valence-electron chi connectivity index (χ4n) is 1.43. The van der Waals surface area contributed by atoms with E-state index in [9.17, 15) is 9.59 Å². The fraction of sp³-hybridized carbons (Fsp3) is 0.385. The molecule has 0 spiro atoms. The lowest BCUT2D eigenvalue weighted by atomic mass is 10.2. The van der Waals surface area contributed by atoms with Crippen molar-refractivity contribution < 1.29 is 19.1 Å². The van der Waals surface area contributed by atoms with Gasteiger partial charge in [-0.15, -0.1) is 0 Å². The van der Waals surface area contributed by atoms with Crippen LogP contribution < -0.4 is 11.1 Å². The molecule has 0 aliphatic heterocycles. The summed E-state index contributed by atoms with van der Waals surface area (Å²) < 4.78 is 10.5. The molecule has 0 fully saturated rings. The number of amides is 1. The molecule has 1 aromatic carbocycles. The zero-order chi connectivity index (χ0) is 15.1. The number of rotatable bonds is 6. The first-order valence-corrected chi connectivity index (χ1v) is 6.77. The first-order valence-electron chi connectivity index (χ1n) is 5.97. The molecule has 0 aromatic heterocycles. The van der Waals surface area contributed by atoms with Crippen molar-refractivity contribution in [2.75, 3.05) is 26.0 Å². The van der Waals surface area contributed by atoms with Crippen LogP contribution in [0.4, 0.5) is 5.69 Å². The number of hydrogen-bond acceptors (Lipinski definition) is 5. The van der Waals surface area contributed by atoms with Gasteiger partial charge in [0, 0.05) is 23.8 Å². The zero-order valence-electron chi connectivity index (χ0n) is 11.3. The number of carbonyl (C=O) groups excluding carboxylic acids is 2. The predicted molar refractivity (Wildman–Crippen MR) is 78.3 cm³/mol. The molecule has 0 bridgehead atoms. The van der Waals surface area contributed by atoms with Crippen molar-refractivity contribution in [3.05, 3.63) is 28.2 Å². The predicted octanol–water partition coefficient (Wildman–Crippen LogP) is 1.34. The van der Waals surface area contributed by atoms with Crippen LogP contribution in [0.2, 0.25) is 0 Å². The van der Waals surface area contributed by atoms with Crippen molar-refractivity contribution in [2.24, 2.45) is 0 Å². The van der Waals surface area contributed by atoms with Crippen LogP contribution in [0.1, 0.15) is 17.3 Å². The summed E-state index contributed by atoms with van der Waals surface area (Å²) >= 11 is 3.24. The number of ether oxygens (including phenoxy) is 2. The first kappa shape index (κ1) is 16.5. The molecule has 7 heteroatoms. The molecule has 110 valence electrons. The topological polar surface area (TPSA) is 90.6 Å². The minimum absolute atomic E-state index is 0.286. The van der Waals surface area contributed by atoms with Crippen molar-refractivity contribution in [3.63, 3.8) is 0 Å². The van der Waals surface area contributed by atoms with Crippen molar-refractivity contribution >= 4 is 33.5 Å². The lowest BCUT2D eigenvalue weighted by molar-refractivity contribution is -0.129. The number of nitrogens with two attached hydrogens (primary N) is 1.